The molecule has 0 radical (unpaired) electrons. The van der Waals surface area contributed by atoms with Crippen LogP contribution < -0.4 is 4.74 Å². The fraction of sp³-hybridized carbons (Fsp3) is 0.571. The van der Waals surface area contributed by atoms with Gasteiger partial charge in [-0.3, -0.25) is 0 Å². The molecule has 0 saturated carbocycles. The van der Waals surface area contributed by atoms with Crippen LogP contribution in [0.15, 0.2) is 6.07 Å². The molecule has 1 nitrogen and oxygen atoms in total. The molecule has 0 aliphatic heterocycles. The van der Waals surface area contributed by atoms with Crippen molar-refractivity contribution in [1.29, 1.82) is 0 Å². The van der Waals surface area contributed by atoms with E-state index in [0.717, 1.165) is 6.42 Å². The molecule has 0 fully saturated rings. The van der Waals surface area contributed by atoms with Crippen molar-refractivity contribution in [3.8, 4) is 5.75 Å². The Morgan fingerprint density at radius 1 is 1.11 bits per heavy atom. The molecule has 0 heterocycles. The molecule has 0 spiro atoms. The van der Waals surface area contributed by atoms with Gasteiger partial charge in [0.25, 0.3) is 0 Å². The molecule has 0 unspecified atom stereocenters. The average Bonchev–Trinajstić information content (AvgIpc) is 2.20. The van der Waals surface area contributed by atoms with E-state index >= 15 is 0 Å². The maximum absolute atomic E-state index is 14.1. The van der Waals surface area contributed by atoms with Crippen LogP contribution in [0, 0.1) is 17.5 Å². The summed E-state index contributed by atoms with van der Waals surface area (Å²) < 4.78 is 46.3. The second kappa shape index (κ2) is 5.63. The number of ether oxygens (including phenoxy) is 1. The zero-order chi connectivity index (χ0) is 13.9. The highest BCUT2D eigenvalue weighted by Crippen LogP contribution is 2.34. The summed E-state index contributed by atoms with van der Waals surface area (Å²) in [7, 11) is 0. The van der Waals surface area contributed by atoms with Crippen LogP contribution in [0.3, 0.4) is 0 Å². The van der Waals surface area contributed by atoms with Gasteiger partial charge >= 0.3 is 0 Å². The van der Waals surface area contributed by atoms with Crippen LogP contribution in [0.4, 0.5) is 13.2 Å². The standard InChI is InChI=1S/C14H19F3O/c1-5-6-7-18-13-10(16)8-9(15)11(12(13)17)14(2,3)4/h8H,5-7H2,1-4H3. The zero-order valence-corrected chi connectivity index (χ0v) is 11.2. The van der Waals surface area contributed by atoms with Gasteiger partial charge in [-0.1, -0.05) is 34.1 Å². The van der Waals surface area contributed by atoms with Gasteiger partial charge in [0.15, 0.2) is 17.4 Å². The van der Waals surface area contributed by atoms with Gasteiger partial charge in [0.1, 0.15) is 5.82 Å². The quantitative estimate of drug-likeness (QED) is 0.720. The molecule has 0 aliphatic carbocycles. The van der Waals surface area contributed by atoms with Gasteiger partial charge < -0.3 is 4.74 Å². The van der Waals surface area contributed by atoms with Crippen molar-refractivity contribution in [2.45, 2.75) is 46.0 Å². The van der Waals surface area contributed by atoms with Crippen LogP contribution in [-0.2, 0) is 5.41 Å². The summed E-state index contributed by atoms with van der Waals surface area (Å²) in [5, 5.41) is 0. The molecular weight excluding hydrogens is 241 g/mol. The fourth-order valence-corrected chi connectivity index (χ4v) is 1.71. The van der Waals surface area contributed by atoms with Crippen molar-refractivity contribution in [2.75, 3.05) is 6.61 Å². The van der Waals surface area contributed by atoms with E-state index < -0.39 is 28.6 Å². The van der Waals surface area contributed by atoms with Crippen molar-refractivity contribution < 1.29 is 17.9 Å². The molecule has 18 heavy (non-hydrogen) atoms. The first-order chi connectivity index (χ1) is 8.29. The first kappa shape index (κ1) is 14.9. The predicted octanol–water partition coefficient (Wildman–Crippen LogP) is 4.58. The Kier molecular flexibility index (Phi) is 4.65. The predicted molar refractivity (Wildman–Crippen MR) is 65.4 cm³/mol. The lowest BCUT2D eigenvalue weighted by Gasteiger charge is -2.22. The molecule has 1 aromatic carbocycles. The minimum atomic E-state index is -0.992. The summed E-state index contributed by atoms with van der Waals surface area (Å²) >= 11 is 0. The first-order valence-corrected chi connectivity index (χ1v) is 6.09. The van der Waals surface area contributed by atoms with E-state index in [0.29, 0.717) is 12.5 Å². The Hall–Kier alpha value is -1.19. The minimum absolute atomic E-state index is 0.143. The van der Waals surface area contributed by atoms with Gasteiger partial charge in [0.05, 0.1) is 6.61 Å². The highest BCUT2D eigenvalue weighted by atomic mass is 19.1. The Morgan fingerprint density at radius 3 is 2.22 bits per heavy atom. The fourth-order valence-electron chi connectivity index (χ4n) is 1.71. The molecule has 1 rings (SSSR count). The summed E-state index contributed by atoms with van der Waals surface area (Å²) in [6, 6.07) is 0.685. The third-order valence-corrected chi connectivity index (χ3v) is 2.62. The second-order valence-electron chi connectivity index (χ2n) is 5.31. The van der Waals surface area contributed by atoms with E-state index in [1.807, 2.05) is 6.92 Å². The van der Waals surface area contributed by atoms with Crippen molar-refractivity contribution in [1.82, 2.24) is 0 Å². The topological polar surface area (TPSA) is 9.23 Å². The second-order valence-corrected chi connectivity index (χ2v) is 5.31. The van der Waals surface area contributed by atoms with E-state index in [2.05, 4.69) is 0 Å². The summed E-state index contributed by atoms with van der Waals surface area (Å²) in [5.74, 6) is -3.28. The molecule has 0 bridgehead atoms. The number of hydrogen-bond acceptors (Lipinski definition) is 1. The minimum Gasteiger partial charge on any atom is -0.488 e. The van der Waals surface area contributed by atoms with Gasteiger partial charge in [-0.05, 0) is 11.8 Å². The SMILES string of the molecule is CCCCOc1c(F)cc(F)c(C(C)(C)C)c1F. The smallest absolute Gasteiger partial charge is 0.191 e. The summed E-state index contributed by atoms with van der Waals surface area (Å²) in [5.41, 5.74) is -0.888. The van der Waals surface area contributed by atoms with Crippen molar-refractivity contribution in [3.05, 3.63) is 29.1 Å². The van der Waals surface area contributed by atoms with Crippen LogP contribution in [0.2, 0.25) is 0 Å². The Bertz CT molecular complexity index is 422. The zero-order valence-electron chi connectivity index (χ0n) is 11.2. The maximum atomic E-state index is 14.1. The van der Waals surface area contributed by atoms with Gasteiger partial charge in [-0.2, -0.15) is 0 Å². The van der Waals surface area contributed by atoms with Gasteiger partial charge in [-0.15, -0.1) is 0 Å². The molecule has 0 aliphatic rings. The van der Waals surface area contributed by atoms with E-state index in [1.165, 1.54) is 0 Å². The largest absolute Gasteiger partial charge is 0.488 e. The molecule has 0 aromatic heterocycles. The van der Waals surface area contributed by atoms with E-state index in [-0.39, 0.29) is 12.2 Å². The third kappa shape index (κ3) is 3.18. The third-order valence-electron chi connectivity index (χ3n) is 2.62. The Balaban J connectivity index is 3.19. The monoisotopic (exact) mass is 260 g/mol. The highest BCUT2D eigenvalue weighted by Gasteiger charge is 2.28. The van der Waals surface area contributed by atoms with Crippen LogP contribution in [0.5, 0.6) is 5.75 Å². The molecular formula is C14H19F3O. The van der Waals surface area contributed by atoms with E-state index in [1.54, 1.807) is 20.8 Å². The first-order valence-electron chi connectivity index (χ1n) is 6.09. The number of halogens is 3. The number of hydrogen-bond donors (Lipinski definition) is 0. The molecule has 102 valence electrons. The van der Waals surface area contributed by atoms with Gasteiger partial charge in [-0.25, -0.2) is 13.2 Å². The summed E-state index contributed by atoms with van der Waals surface area (Å²) in [6.07, 6.45) is 1.55. The molecule has 0 N–H and O–H groups in total. The molecule has 1 aromatic rings. The highest BCUT2D eigenvalue weighted by molar-refractivity contribution is 5.37. The van der Waals surface area contributed by atoms with Crippen molar-refractivity contribution >= 4 is 0 Å². The summed E-state index contributed by atoms with van der Waals surface area (Å²) in [6.45, 7) is 7.17. The van der Waals surface area contributed by atoms with E-state index in [9.17, 15) is 13.2 Å². The lowest BCUT2D eigenvalue weighted by atomic mass is 9.86. The normalized spacial score (nSPS) is 11.7. The van der Waals surface area contributed by atoms with Gasteiger partial charge in [0, 0.05) is 11.6 Å². The molecule has 0 atom stereocenters. The van der Waals surface area contributed by atoms with Crippen LogP contribution in [0.1, 0.15) is 46.1 Å². The molecule has 4 heteroatoms. The lowest BCUT2D eigenvalue weighted by molar-refractivity contribution is 0.273. The van der Waals surface area contributed by atoms with Crippen LogP contribution in [-0.4, -0.2) is 6.61 Å². The Morgan fingerprint density at radius 2 is 1.72 bits per heavy atom. The number of unbranched alkanes of at least 4 members (excludes halogenated alkanes) is 1. The maximum Gasteiger partial charge on any atom is 0.191 e. The number of rotatable bonds is 4. The lowest BCUT2D eigenvalue weighted by Crippen LogP contribution is -2.18. The molecule has 0 amide bonds. The Labute approximate surface area is 106 Å². The van der Waals surface area contributed by atoms with Gasteiger partial charge in [0.2, 0.25) is 0 Å². The van der Waals surface area contributed by atoms with Crippen molar-refractivity contribution in [2.24, 2.45) is 0 Å². The van der Waals surface area contributed by atoms with Crippen molar-refractivity contribution in [3.63, 3.8) is 0 Å². The average molecular weight is 260 g/mol. The van der Waals surface area contributed by atoms with Crippen LogP contribution >= 0.6 is 0 Å². The summed E-state index contributed by atoms with van der Waals surface area (Å²) in [4.78, 5) is 0. The van der Waals surface area contributed by atoms with E-state index in [4.69, 9.17) is 4.74 Å². The van der Waals surface area contributed by atoms with Crippen LogP contribution in [0.25, 0.3) is 0 Å². The number of benzene rings is 1. The molecule has 0 saturated heterocycles.